The fourth-order valence-electron chi connectivity index (χ4n) is 3.45. The van der Waals surface area contributed by atoms with Gasteiger partial charge in [-0.3, -0.25) is 5.41 Å². The van der Waals surface area contributed by atoms with Gasteiger partial charge in [0.25, 0.3) is 0 Å². The Bertz CT molecular complexity index is 582. The summed E-state index contributed by atoms with van der Waals surface area (Å²) in [5, 5.41) is 37.2. The molecule has 0 amide bonds. The van der Waals surface area contributed by atoms with Crippen LogP contribution in [0.5, 0.6) is 0 Å². The van der Waals surface area contributed by atoms with Crippen molar-refractivity contribution in [3.63, 3.8) is 0 Å². The Morgan fingerprint density at radius 2 is 1.86 bits per heavy atom. The highest BCUT2D eigenvalue weighted by atomic mass is 16.7. The molecule has 0 aliphatic carbocycles. The molecule has 2 bridgehead atoms. The molecule has 3 aliphatic rings. The number of rotatable bonds is 3. The van der Waals surface area contributed by atoms with Crippen LogP contribution in [0.1, 0.15) is 40.0 Å². The van der Waals surface area contributed by atoms with Gasteiger partial charge in [0, 0.05) is 6.92 Å². The molecule has 3 fully saturated rings. The Balaban J connectivity index is 2.68. The maximum Gasteiger partial charge on any atom is 0.214 e. The van der Waals surface area contributed by atoms with Gasteiger partial charge in [0.05, 0.1) is 30.2 Å². The molecule has 0 unspecified atom stereocenters. The van der Waals surface area contributed by atoms with Gasteiger partial charge in [0.1, 0.15) is 0 Å². The zero-order valence-corrected chi connectivity index (χ0v) is 12.4. The van der Waals surface area contributed by atoms with E-state index in [2.05, 4.69) is 0 Å². The van der Waals surface area contributed by atoms with Crippen LogP contribution < -0.4 is 0 Å². The summed E-state index contributed by atoms with van der Waals surface area (Å²) in [6.07, 6.45) is 1.53. The van der Waals surface area contributed by atoms with Crippen molar-refractivity contribution in [1.82, 2.24) is 0 Å². The van der Waals surface area contributed by atoms with E-state index in [0.29, 0.717) is 6.42 Å². The molecule has 1 N–H and O–H groups in total. The lowest BCUT2D eigenvalue weighted by Crippen LogP contribution is -2.73. The molecule has 0 radical (unpaired) electrons. The third-order valence-corrected chi connectivity index (χ3v) is 4.93. The van der Waals surface area contributed by atoms with E-state index in [1.165, 1.54) is 0 Å². The topological polar surface area (TPSA) is 114 Å². The molecule has 6 heteroatoms. The van der Waals surface area contributed by atoms with Crippen LogP contribution in [0.2, 0.25) is 0 Å². The SMILES string of the molecule is CCCC[C@@H]1O[C@]2(C)OC(=N)[C@]1(C#N)C(C#N)(C#N)[C@H]2C. The maximum atomic E-state index is 9.75. The third kappa shape index (κ3) is 1.56. The summed E-state index contributed by atoms with van der Waals surface area (Å²) in [4.78, 5) is 0. The molecule has 0 aromatic rings. The first-order valence-electron chi connectivity index (χ1n) is 7.08. The number of hydrogen-bond donors (Lipinski definition) is 1. The number of fused-ring (bicyclic) bond motifs is 3. The van der Waals surface area contributed by atoms with Gasteiger partial charge in [-0.2, -0.15) is 15.8 Å². The number of nitrogens with one attached hydrogen (secondary N) is 1. The lowest BCUT2D eigenvalue weighted by molar-refractivity contribution is -0.336. The van der Waals surface area contributed by atoms with Crippen LogP contribution in [0.3, 0.4) is 0 Å². The van der Waals surface area contributed by atoms with Gasteiger partial charge in [0.15, 0.2) is 10.8 Å². The normalized spacial score (nSPS) is 39.7. The Kier molecular flexibility index (Phi) is 3.44. The third-order valence-electron chi connectivity index (χ3n) is 4.93. The van der Waals surface area contributed by atoms with Gasteiger partial charge in [-0.05, 0) is 6.42 Å². The van der Waals surface area contributed by atoms with Crippen LogP contribution in [0.25, 0.3) is 0 Å². The minimum absolute atomic E-state index is 0.318. The van der Waals surface area contributed by atoms with Gasteiger partial charge in [0.2, 0.25) is 11.7 Å². The Labute approximate surface area is 124 Å². The fraction of sp³-hybridized carbons (Fsp3) is 0.733. The lowest BCUT2D eigenvalue weighted by Gasteiger charge is -2.60. The largest absolute Gasteiger partial charge is 0.448 e. The molecule has 6 nitrogen and oxygen atoms in total. The second-order valence-electron chi connectivity index (χ2n) is 5.87. The molecule has 0 saturated carbocycles. The summed E-state index contributed by atoms with van der Waals surface area (Å²) in [7, 11) is 0. The first kappa shape index (κ1) is 15.3. The van der Waals surface area contributed by atoms with Gasteiger partial charge in [-0.15, -0.1) is 0 Å². The first-order chi connectivity index (χ1) is 9.88. The smallest absolute Gasteiger partial charge is 0.214 e. The van der Waals surface area contributed by atoms with E-state index in [9.17, 15) is 15.8 Å². The molecule has 3 aliphatic heterocycles. The highest BCUT2D eigenvalue weighted by molar-refractivity contribution is 5.88. The van der Waals surface area contributed by atoms with E-state index in [1.54, 1.807) is 13.8 Å². The minimum Gasteiger partial charge on any atom is -0.448 e. The molecule has 3 rings (SSSR count). The number of unbranched alkanes of at least 4 members (excludes halogenated alkanes) is 1. The number of ether oxygens (including phenoxy) is 2. The van der Waals surface area contributed by atoms with Crippen LogP contribution in [-0.2, 0) is 9.47 Å². The van der Waals surface area contributed by atoms with E-state index in [4.69, 9.17) is 14.9 Å². The highest BCUT2D eigenvalue weighted by Gasteiger charge is 2.77. The average Bonchev–Trinajstić information content (AvgIpc) is 2.47. The standard InChI is InChI=1S/C15H18N4O2/c1-4-5-6-11-15(9-18)12(19)21-13(3,20-11)10(2)14(15,7-16)8-17/h10-11,19H,4-6H2,1-3H3/t10-,11-,13+,15+/m0/s1. The first-order valence-corrected chi connectivity index (χ1v) is 7.08. The number of nitrogens with zero attached hydrogens (tertiary/aromatic N) is 3. The summed E-state index contributed by atoms with van der Waals surface area (Å²) in [5.74, 6) is -2.17. The molecular formula is C15H18N4O2. The van der Waals surface area contributed by atoms with Crippen LogP contribution in [0, 0.1) is 56.2 Å². The Morgan fingerprint density at radius 1 is 1.24 bits per heavy atom. The summed E-state index contributed by atoms with van der Waals surface area (Å²) in [6, 6.07) is 6.07. The van der Waals surface area contributed by atoms with Crippen molar-refractivity contribution >= 4 is 5.90 Å². The average molecular weight is 286 g/mol. The summed E-state index contributed by atoms with van der Waals surface area (Å²) >= 11 is 0. The van der Waals surface area contributed by atoms with E-state index in [-0.39, 0.29) is 5.90 Å². The number of hydrogen-bond acceptors (Lipinski definition) is 6. The molecule has 0 spiro atoms. The number of nitriles is 3. The Hall–Kier alpha value is -2.10. The second kappa shape index (κ2) is 4.72. The van der Waals surface area contributed by atoms with E-state index >= 15 is 0 Å². The monoisotopic (exact) mass is 286 g/mol. The minimum atomic E-state index is -1.66. The summed E-state index contributed by atoms with van der Waals surface area (Å²) in [5.41, 5.74) is -3.30. The molecule has 0 aromatic heterocycles. The van der Waals surface area contributed by atoms with Crippen molar-refractivity contribution in [3.8, 4) is 18.2 Å². The Morgan fingerprint density at radius 3 is 2.33 bits per heavy atom. The van der Waals surface area contributed by atoms with Crippen LogP contribution in [0.4, 0.5) is 0 Å². The van der Waals surface area contributed by atoms with Gasteiger partial charge in [-0.1, -0.05) is 26.7 Å². The fourth-order valence-corrected chi connectivity index (χ4v) is 3.45. The lowest BCUT2D eigenvalue weighted by atomic mass is 9.51. The maximum absolute atomic E-state index is 9.75. The zero-order chi connectivity index (χ0) is 15.9. The molecule has 4 atom stereocenters. The van der Waals surface area contributed by atoms with Crippen molar-refractivity contribution in [1.29, 1.82) is 21.2 Å². The van der Waals surface area contributed by atoms with Crippen molar-refractivity contribution in [2.24, 2.45) is 16.7 Å². The zero-order valence-electron chi connectivity index (χ0n) is 12.4. The van der Waals surface area contributed by atoms with Crippen molar-refractivity contribution in [2.45, 2.75) is 51.9 Å². The van der Waals surface area contributed by atoms with Crippen LogP contribution >= 0.6 is 0 Å². The molecule has 110 valence electrons. The highest BCUT2D eigenvalue weighted by Crippen LogP contribution is 2.62. The molecular weight excluding hydrogens is 268 g/mol. The van der Waals surface area contributed by atoms with Crippen LogP contribution in [-0.4, -0.2) is 17.8 Å². The second-order valence-corrected chi connectivity index (χ2v) is 5.87. The molecule has 3 heterocycles. The summed E-state index contributed by atoms with van der Waals surface area (Å²) < 4.78 is 11.4. The van der Waals surface area contributed by atoms with Gasteiger partial charge >= 0.3 is 0 Å². The molecule has 0 aromatic carbocycles. The van der Waals surface area contributed by atoms with Crippen molar-refractivity contribution < 1.29 is 9.47 Å². The van der Waals surface area contributed by atoms with Crippen molar-refractivity contribution in [3.05, 3.63) is 0 Å². The van der Waals surface area contributed by atoms with Gasteiger partial charge in [-0.25, -0.2) is 0 Å². The van der Waals surface area contributed by atoms with E-state index in [0.717, 1.165) is 12.8 Å². The quantitative estimate of drug-likeness (QED) is 0.856. The predicted molar refractivity (Wildman–Crippen MR) is 72.5 cm³/mol. The van der Waals surface area contributed by atoms with Crippen molar-refractivity contribution in [2.75, 3.05) is 0 Å². The van der Waals surface area contributed by atoms with Crippen LogP contribution in [0.15, 0.2) is 0 Å². The molecule has 3 saturated heterocycles. The summed E-state index contributed by atoms with van der Waals surface area (Å²) in [6.45, 7) is 5.31. The van der Waals surface area contributed by atoms with Gasteiger partial charge < -0.3 is 9.47 Å². The molecule has 21 heavy (non-hydrogen) atoms. The van der Waals surface area contributed by atoms with E-state index in [1.807, 2.05) is 25.1 Å². The van der Waals surface area contributed by atoms with E-state index < -0.39 is 28.6 Å². The predicted octanol–water partition coefficient (Wildman–Crippen LogP) is 2.48.